The minimum Gasteiger partial charge on any atom is -0.462 e. The summed E-state index contributed by atoms with van der Waals surface area (Å²) in [5, 5.41) is 0. The average molecular weight is 281 g/mol. The van der Waals surface area contributed by atoms with Crippen LogP contribution in [0.5, 0.6) is 0 Å². The molecule has 2 N–H and O–H groups in total. The lowest BCUT2D eigenvalue weighted by atomic mass is 9.70. The predicted octanol–water partition coefficient (Wildman–Crippen LogP) is 3.51. The maximum Gasteiger partial charge on any atom is 0.313 e. The largest absolute Gasteiger partial charge is 0.462 e. The highest BCUT2D eigenvalue weighted by atomic mass is 16.5. The van der Waals surface area contributed by atoms with Crippen LogP contribution in [-0.4, -0.2) is 18.6 Å². The van der Waals surface area contributed by atoms with Crippen molar-refractivity contribution in [3.05, 3.63) is 0 Å². The lowest BCUT2D eigenvalue weighted by Gasteiger charge is -2.39. The number of carbonyl (C=O) groups excluding carboxylic acids is 1. The zero-order valence-electron chi connectivity index (χ0n) is 13.4. The van der Waals surface area contributed by atoms with E-state index < -0.39 is 5.41 Å². The first-order chi connectivity index (χ1) is 9.47. The third-order valence-corrected chi connectivity index (χ3v) is 5.88. The number of rotatable bonds is 3. The normalized spacial score (nSPS) is 42.2. The molecule has 0 aromatic rings. The van der Waals surface area contributed by atoms with Gasteiger partial charge in [0.15, 0.2) is 0 Å². The van der Waals surface area contributed by atoms with E-state index in [4.69, 9.17) is 10.5 Å². The minimum absolute atomic E-state index is 0.0151. The quantitative estimate of drug-likeness (QED) is 0.805. The van der Waals surface area contributed by atoms with Crippen LogP contribution in [0, 0.1) is 23.2 Å². The second-order valence-electron chi connectivity index (χ2n) is 7.46. The molecule has 0 bridgehead atoms. The Hall–Kier alpha value is -0.570. The number of ether oxygens (including phenoxy) is 1. The lowest BCUT2D eigenvalue weighted by Crippen LogP contribution is -2.44. The molecule has 0 aliphatic heterocycles. The molecule has 0 heterocycles. The van der Waals surface area contributed by atoms with Crippen molar-refractivity contribution < 1.29 is 9.53 Å². The molecule has 0 radical (unpaired) electrons. The summed E-state index contributed by atoms with van der Waals surface area (Å²) in [6.45, 7) is 7.27. The van der Waals surface area contributed by atoms with Crippen LogP contribution in [0.4, 0.5) is 0 Å². The molecule has 20 heavy (non-hydrogen) atoms. The Morgan fingerprint density at radius 1 is 1.10 bits per heavy atom. The highest BCUT2D eigenvalue weighted by Crippen LogP contribution is 2.40. The monoisotopic (exact) mass is 281 g/mol. The summed E-state index contributed by atoms with van der Waals surface area (Å²) in [6.07, 6.45) is 7.35. The van der Waals surface area contributed by atoms with Gasteiger partial charge in [-0.25, -0.2) is 0 Å². The van der Waals surface area contributed by atoms with Crippen LogP contribution in [0.2, 0.25) is 0 Å². The molecule has 0 saturated heterocycles. The Bertz CT molecular complexity index is 334. The summed E-state index contributed by atoms with van der Waals surface area (Å²) < 4.78 is 5.86. The molecule has 2 saturated carbocycles. The molecular formula is C17H31NO2. The second kappa shape index (κ2) is 6.46. The highest BCUT2D eigenvalue weighted by Gasteiger charge is 2.42. The third kappa shape index (κ3) is 3.36. The highest BCUT2D eigenvalue weighted by molar-refractivity contribution is 5.77. The van der Waals surface area contributed by atoms with E-state index in [-0.39, 0.29) is 12.1 Å². The Morgan fingerprint density at radius 2 is 1.75 bits per heavy atom. The number of hydrogen-bond donors (Lipinski definition) is 1. The van der Waals surface area contributed by atoms with Crippen molar-refractivity contribution >= 4 is 5.97 Å². The smallest absolute Gasteiger partial charge is 0.313 e. The molecule has 2 rings (SSSR count). The van der Waals surface area contributed by atoms with E-state index in [1.165, 1.54) is 6.42 Å². The molecule has 0 aromatic heterocycles. The molecule has 3 atom stereocenters. The van der Waals surface area contributed by atoms with Crippen LogP contribution in [0.25, 0.3) is 0 Å². The van der Waals surface area contributed by atoms with Crippen molar-refractivity contribution in [1.29, 1.82) is 0 Å². The molecule has 3 unspecified atom stereocenters. The van der Waals surface area contributed by atoms with Crippen LogP contribution >= 0.6 is 0 Å². The average Bonchev–Trinajstić information content (AvgIpc) is 2.44. The number of hydrogen-bond acceptors (Lipinski definition) is 3. The fourth-order valence-corrected chi connectivity index (χ4v) is 3.69. The van der Waals surface area contributed by atoms with Crippen molar-refractivity contribution in [1.82, 2.24) is 0 Å². The first-order valence-corrected chi connectivity index (χ1v) is 8.38. The summed E-state index contributed by atoms with van der Waals surface area (Å²) in [6, 6.07) is 0. The molecule has 0 amide bonds. The van der Waals surface area contributed by atoms with Gasteiger partial charge in [-0.15, -0.1) is 0 Å². The Kier molecular flexibility index (Phi) is 5.11. The van der Waals surface area contributed by atoms with E-state index in [0.29, 0.717) is 12.5 Å². The van der Waals surface area contributed by atoms with Gasteiger partial charge in [0, 0.05) is 6.54 Å². The fraction of sp³-hybridized carbons (Fsp3) is 0.941. The maximum absolute atomic E-state index is 12.6. The third-order valence-electron chi connectivity index (χ3n) is 5.88. The van der Waals surface area contributed by atoms with Gasteiger partial charge in [-0.3, -0.25) is 4.79 Å². The number of nitrogens with two attached hydrogens (primary N) is 1. The van der Waals surface area contributed by atoms with Crippen molar-refractivity contribution in [3.8, 4) is 0 Å². The first-order valence-electron chi connectivity index (χ1n) is 8.38. The van der Waals surface area contributed by atoms with E-state index in [1.807, 2.05) is 0 Å². The van der Waals surface area contributed by atoms with E-state index in [9.17, 15) is 4.79 Å². The predicted molar refractivity (Wildman–Crippen MR) is 81.2 cm³/mol. The molecule has 116 valence electrons. The second-order valence-corrected chi connectivity index (χ2v) is 7.46. The van der Waals surface area contributed by atoms with Crippen molar-refractivity contribution in [3.63, 3.8) is 0 Å². The summed E-state index contributed by atoms with van der Waals surface area (Å²) in [4.78, 5) is 12.6. The van der Waals surface area contributed by atoms with E-state index in [0.717, 1.165) is 50.4 Å². The molecule has 3 nitrogen and oxygen atoms in total. The van der Waals surface area contributed by atoms with Gasteiger partial charge in [-0.2, -0.15) is 0 Å². The van der Waals surface area contributed by atoms with Crippen LogP contribution in [0.1, 0.15) is 65.7 Å². The molecule has 2 fully saturated rings. The molecular weight excluding hydrogens is 250 g/mol. The van der Waals surface area contributed by atoms with E-state index in [2.05, 4.69) is 20.8 Å². The topological polar surface area (TPSA) is 52.3 Å². The SMILES string of the molecule is CC1CCC(CN)(C(=O)OC2CCC(C)C(C)C2)CC1. The van der Waals surface area contributed by atoms with Crippen molar-refractivity contribution in [2.45, 2.75) is 71.8 Å². The fourth-order valence-electron chi connectivity index (χ4n) is 3.69. The Balaban J connectivity index is 1.93. The number of esters is 1. The van der Waals surface area contributed by atoms with Crippen LogP contribution in [0.3, 0.4) is 0 Å². The maximum atomic E-state index is 12.6. The van der Waals surface area contributed by atoms with Gasteiger partial charge in [-0.1, -0.05) is 20.8 Å². The van der Waals surface area contributed by atoms with E-state index >= 15 is 0 Å². The zero-order valence-corrected chi connectivity index (χ0v) is 13.4. The summed E-state index contributed by atoms with van der Waals surface area (Å²) in [5.41, 5.74) is 5.55. The minimum atomic E-state index is -0.390. The molecule has 3 heteroatoms. The molecule has 2 aliphatic rings. The summed E-state index contributed by atoms with van der Waals surface area (Å²) >= 11 is 0. The lowest BCUT2D eigenvalue weighted by molar-refractivity contribution is -0.166. The van der Waals surface area contributed by atoms with E-state index in [1.54, 1.807) is 0 Å². The van der Waals surface area contributed by atoms with Gasteiger partial charge in [0.05, 0.1) is 5.41 Å². The summed E-state index contributed by atoms with van der Waals surface area (Å²) in [5.74, 6) is 2.11. The van der Waals surface area contributed by atoms with Crippen molar-refractivity contribution in [2.24, 2.45) is 28.9 Å². The molecule has 0 aromatic carbocycles. The number of carbonyl (C=O) groups is 1. The van der Waals surface area contributed by atoms with Crippen LogP contribution < -0.4 is 5.73 Å². The van der Waals surface area contributed by atoms with Crippen LogP contribution in [0.15, 0.2) is 0 Å². The van der Waals surface area contributed by atoms with Gasteiger partial charge in [0.1, 0.15) is 6.10 Å². The van der Waals surface area contributed by atoms with Gasteiger partial charge in [-0.05, 0) is 62.7 Å². The van der Waals surface area contributed by atoms with Crippen molar-refractivity contribution in [2.75, 3.05) is 6.54 Å². The van der Waals surface area contributed by atoms with Gasteiger partial charge >= 0.3 is 5.97 Å². The van der Waals surface area contributed by atoms with Gasteiger partial charge in [0.2, 0.25) is 0 Å². The first kappa shape index (κ1) is 15.8. The van der Waals surface area contributed by atoms with Gasteiger partial charge < -0.3 is 10.5 Å². The Labute approximate surface area is 123 Å². The molecule has 2 aliphatic carbocycles. The summed E-state index contributed by atoms with van der Waals surface area (Å²) in [7, 11) is 0. The standard InChI is InChI=1S/C17H31NO2/c1-12-6-8-17(11-18,9-7-12)16(19)20-15-5-4-13(2)14(3)10-15/h12-15H,4-11,18H2,1-3H3. The zero-order chi connectivity index (χ0) is 14.8. The Morgan fingerprint density at radius 3 is 2.30 bits per heavy atom. The van der Waals surface area contributed by atoms with Gasteiger partial charge in [0.25, 0.3) is 0 Å². The molecule has 0 spiro atoms. The van der Waals surface area contributed by atoms with Crippen LogP contribution in [-0.2, 0) is 9.53 Å².